The van der Waals surface area contributed by atoms with Crippen LogP contribution in [0.5, 0.6) is 5.75 Å². The molecule has 0 unspecified atom stereocenters. The molecule has 2 heterocycles. The average molecular weight is 356 g/mol. The first-order valence-corrected chi connectivity index (χ1v) is 8.19. The molecule has 0 aliphatic heterocycles. The molecule has 26 heavy (non-hydrogen) atoms. The van der Waals surface area contributed by atoms with Crippen molar-refractivity contribution in [1.82, 2.24) is 10.3 Å². The molecule has 3 aromatic rings. The summed E-state index contributed by atoms with van der Waals surface area (Å²) in [5.41, 5.74) is 3.60. The molecule has 0 saturated heterocycles. The summed E-state index contributed by atoms with van der Waals surface area (Å²) in [5.74, 6) is 1.49. The highest BCUT2D eigenvalue weighted by molar-refractivity contribution is 5.89. The Morgan fingerprint density at radius 1 is 0.962 bits per heavy atom. The summed E-state index contributed by atoms with van der Waals surface area (Å²) in [6.45, 7) is 7.72. The van der Waals surface area contributed by atoms with Crippen molar-refractivity contribution in [3.05, 3.63) is 63.9 Å². The van der Waals surface area contributed by atoms with Gasteiger partial charge >= 0.3 is 5.97 Å². The maximum Gasteiger partial charge on any atom is 0.338 e. The third kappa shape index (κ3) is 3.77. The summed E-state index contributed by atoms with van der Waals surface area (Å²) in [6, 6.07) is 6.85. The van der Waals surface area contributed by atoms with Crippen molar-refractivity contribution in [3.63, 3.8) is 0 Å². The van der Waals surface area contributed by atoms with Crippen molar-refractivity contribution in [3.8, 4) is 5.75 Å². The predicted molar refractivity (Wildman–Crippen MR) is 91.8 cm³/mol. The number of hydrogen-bond donors (Lipinski definition) is 0. The molecule has 0 aliphatic rings. The van der Waals surface area contributed by atoms with Crippen LogP contribution in [-0.2, 0) is 18.0 Å². The minimum atomic E-state index is -0.437. The molecule has 0 amide bonds. The maximum atomic E-state index is 12.3. The number of esters is 1. The summed E-state index contributed by atoms with van der Waals surface area (Å²) >= 11 is 0. The van der Waals surface area contributed by atoms with E-state index in [0.717, 1.165) is 22.6 Å². The molecule has 0 fully saturated rings. The number of rotatable bonds is 6. The van der Waals surface area contributed by atoms with E-state index >= 15 is 0 Å². The number of aryl methyl sites for hydroxylation is 4. The topological polar surface area (TPSA) is 87.6 Å². The lowest BCUT2D eigenvalue weighted by Crippen LogP contribution is -2.06. The smallest absolute Gasteiger partial charge is 0.338 e. The van der Waals surface area contributed by atoms with E-state index in [9.17, 15) is 4.79 Å². The fourth-order valence-electron chi connectivity index (χ4n) is 2.51. The molecular weight excluding hydrogens is 336 g/mol. The van der Waals surface area contributed by atoms with Crippen molar-refractivity contribution < 1.29 is 23.3 Å². The average Bonchev–Trinajstić information content (AvgIpc) is 3.13. The third-order valence-electron chi connectivity index (χ3n) is 4.16. The maximum absolute atomic E-state index is 12.3. The molecule has 1 aromatic carbocycles. The first kappa shape index (κ1) is 17.7. The fraction of sp³-hybridized carbons (Fsp3) is 0.316. The van der Waals surface area contributed by atoms with Gasteiger partial charge in [0, 0.05) is 0 Å². The van der Waals surface area contributed by atoms with Crippen LogP contribution in [0.3, 0.4) is 0 Å². The summed E-state index contributed by atoms with van der Waals surface area (Å²) < 4.78 is 21.3. The van der Waals surface area contributed by atoms with Crippen molar-refractivity contribution in [1.29, 1.82) is 0 Å². The van der Waals surface area contributed by atoms with Crippen LogP contribution in [0.25, 0.3) is 0 Å². The van der Waals surface area contributed by atoms with Gasteiger partial charge in [0.1, 0.15) is 30.5 Å². The van der Waals surface area contributed by atoms with E-state index in [0.29, 0.717) is 29.4 Å². The van der Waals surface area contributed by atoms with E-state index in [2.05, 4.69) is 10.3 Å². The van der Waals surface area contributed by atoms with Gasteiger partial charge in [-0.3, -0.25) is 0 Å². The van der Waals surface area contributed by atoms with Crippen molar-refractivity contribution in [2.75, 3.05) is 0 Å². The Hall–Kier alpha value is -3.09. The number of benzene rings is 1. The number of carbonyl (C=O) groups excluding carboxylic acids is 1. The lowest BCUT2D eigenvalue weighted by Gasteiger charge is -2.08. The van der Waals surface area contributed by atoms with Crippen LogP contribution in [0.2, 0.25) is 0 Å². The van der Waals surface area contributed by atoms with Crippen LogP contribution < -0.4 is 4.74 Å². The first-order valence-electron chi connectivity index (χ1n) is 8.19. The largest absolute Gasteiger partial charge is 0.489 e. The second-order valence-corrected chi connectivity index (χ2v) is 6.00. The van der Waals surface area contributed by atoms with Gasteiger partial charge in [-0.15, -0.1) is 0 Å². The zero-order valence-corrected chi connectivity index (χ0v) is 15.2. The van der Waals surface area contributed by atoms with Gasteiger partial charge < -0.3 is 18.5 Å². The van der Waals surface area contributed by atoms with E-state index in [4.69, 9.17) is 18.5 Å². The fourth-order valence-corrected chi connectivity index (χ4v) is 2.51. The van der Waals surface area contributed by atoms with E-state index in [1.54, 1.807) is 31.2 Å². The number of hydrogen-bond acceptors (Lipinski definition) is 7. The minimum absolute atomic E-state index is 0.115. The van der Waals surface area contributed by atoms with Gasteiger partial charge in [-0.2, -0.15) is 0 Å². The SMILES string of the molecule is Cc1noc(C)c1COC(=O)c1cccc(OCc2c(C)noc2C)c1. The lowest BCUT2D eigenvalue weighted by molar-refractivity contribution is 0.0470. The lowest BCUT2D eigenvalue weighted by atomic mass is 10.2. The molecule has 2 aromatic heterocycles. The van der Waals surface area contributed by atoms with Crippen LogP contribution in [0.4, 0.5) is 0 Å². The van der Waals surface area contributed by atoms with E-state index in [-0.39, 0.29) is 6.61 Å². The number of ether oxygens (including phenoxy) is 2. The predicted octanol–water partition coefficient (Wildman–Crippen LogP) is 3.83. The molecule has 0 radical (unpaired) electrons. The van der Waals surface area contributed by atoms with E-state index in [1.165, 1.54) is 0 Å². The highest BCUT2D eigenvalue weighted by Gasteiger charge is 2.14. The van der Waals surface area contributed by atoms with Crippen molar-refractivity contribution in [2.45, 2.75) is 40.9 Å². The summed E-state index contributed by atoms with van der Waals surface area (Å²) in [6.07, 6.45) is 0. The number of nitrogens with zero attached hydrogens (tertiary/aromatic N) is 2. The monoisotopic (exact) mass is 356 g/mol. The van der Waals surface area contributed by atoms with Gasteiger partial charge in [-0.25, -0.2) is 4.79 Å². The molecule has 0 bridgehead atoms. The molecule has 0 N–H and O–H groups in total. The van der Waals surface area contributed by atoms with E-state index < -0.39 is 5.97 Å². The molecule has 7 heteroatoms. The molecule has 3 rings (SSSR count). The third-order valence-corrected chi connectivity index (χ3v) is 4.16. The summed E-state index contributed by atoms with van der Waals surface area (Å²) in [5, 5.41) is 7.74. The Balaban J connectivity index is 1.64. The Morgan fingerprint density at radius 3 is 2.15 bits per heavy atom. The van der Waals surface area contributed by atoms with Crippen LogP contribution >= 0.6 is 0 Å². The van der Waals surface area contributed by atoms with Crippen molar-refractivity contribution in [2.24, 2.45) is 0 Å². The van der Waals surface area contributed by atoms with Gasteiger partial charge in [-0.1, -0.05) is 16.4 Å². The van der Waals surface area contributed by atoms with Crippen LogP contribution in [0.15, 0.2) is 33.3 Å². The first-order chi connectivity index (χ1) is 12.5. The molecule has 136 valence electrons. The van der Waals surface area contributed by atoms with Gasteiger partial charge in [0.05, 0.1) is 28.1 Å². The zero-order chi connectivity index (χ0) is 18.7. The van der Waals surface area contributed by atoms with E-state index in [1.807, 2.05) is 20.8 Å². The second kappa shape index (κ2) is 7.43. The zero-order valence-electron chi connectivity index (χ0n) is 15.2. The second-order valence-electron chi connectivity index (χ2n) is 6.00. The van der Waals surface area contributed by atoms with Crippen LogP contribution in [0, 0.1) is 27.7 Å². The summed E-state index contributed by atoms with van der Waals surface area (Å²) in [7, 11) is 0. The van der Waals surface area contributed by atoms with Gasteiger partial charge in [0.15, 0.2) is 0 Å². The van der Waals surface area contributed by atoms with Gasteiger partial charge in [0.25, 0.3) is 0 Å². The van der Waals surface area contributed by atoms with Crippen LogP contribution in [0.1, 0.15) is 44.4 Å². The normalized spacial score (nSPS) is 10.8. The molecule has 0 saturated carbocycles. The molecule has 0 aliphatic carbocycles. The minimum Gasteiger partial charge on any atom is -0.489 e. The Kier molecular flexibility index (Phi) is 5.06. The van der Waals surface area contributed by atoms with Crippen LogP contribution in [-0.4, -0.2) is 16.3 Å². The Morgan fingerprint density at radius 2 is 1.58 bits per heavy atom. The highest BCUT2D eigenvalue weighted by Crippen LogP contribution is 2.20. The standard InChI is InChI=1S/C19H20N2O5/c1-11-17(13(3)25-20-11)9-23-16-7-5-6-15(8-16)19(22)24-10-18-12(2)21-26-14(18)4/h5-8H,9-10H2,1-4H3. The molecule has 0 spiro atoms. The molecule has 0 atom stereocenters. The molecule has 7 nitrogen and oxygen atoms in total. The number of aromatic nitrogens is 2. The quantitative estimate of drug-likeness (QED) is 0.620. The summed E-state index contributed by atoms with van der Waals surface area (Å²) in [4.78, 5) is 12.3. The molecular formula is C19H20N2O5. The Labute approximate surface area is 150 Å². The number of carbonyl (C=O) groups is 1. The Bertz CT molecular complexity index is 887. The van der Waals surface area contributed by atoms with Gasteiger partial charge in [-0.05, 0) is 45.9 Å². The van der Waals surface area contributed by atoms with Crippen molar-refractivity contribution >= 4 is 5.97 Å². The van der Waals surface area contributed by atoms with Gasteiger partial charge in [0.2, 0.25) is 0 Å². The highest BCUT2D eigenvalue weighted by atomic mass is 16.5.